The second kappa shape index (κ2) is 3.56. The van der Waals surface area contributed by atoms with E-state index in [0.29, 0.717) is 0 Å². The van der Waals surface area contributed by atoms with Crippen LogP contribution in [0.4, 0.5) is 0 Å². The van der Waals surface area contributed by atoms with Gasteiger partial charge in [-0.05, 0) is 12.8 Å². The molecule has 2 aliphatic rings. The number of hydrogen-bond acceptors (Lipinski definition) is 4. The molecular formula is C8H16N4. The van der Waals surface area contributed by atoms with E-state index in [0.717, 1.165) is 37.8 Å². The lowest BCUT2D eigenvalue weighted by Gasteiger charge is -2.26. The fourth-order valence-electron chi connectivity index (χ4n) is 1.51. The Morgan fingerprint density at radius 3 is 1.25 bits per heavy atom. The molecule has 2 fully saturated rings. The van der Waals surface area contributed by atoms with Crippen LogP contribution in [0.1, 0.15) is 12.8 Å². The predicted molar refractivity (Wildman–Crippen MR) is 48.3 cm³/mol. The Bertz CT molecular complexity index is 151. The van der Waals surface area contributed by atoms with Crippen LogP contribution in [0, 0.1) is 0 Å². The van der Waals surface area contributed by atoms with Crippen molar-refractivity contribution < 1.29 is 0 Å². The first-order chi connectivity index (χ1) is 5.97. The first-order valence-corrected chi connectivity index (χ1v) is 4.66. The molecule has 0 amide bonds. The van der Waals surface area contributed by atoms with E-state index in [1.807, 2.05) is 0 Å². The van der Waals surface area contributed by atoms with Crippen molar-refractivity contribution in [3.63, 3.8) is 0 Å². The summed E-state index contributed by atoms with van der Waals surface area (Å²) in [6, 6.07) is 0. The minimum atomic E-state index is 1.08. The molecule has 0 unspecified atom stereocenters. The van der Waals surface area contributed by atoms with Crippen LogP contribution < -0.4 is 21.3 Å². The molecule has 0 spiro atoms. The summed E-state index contributed by atoms with van der Waals surface area (Å²) >= 11 is 0. The standard InChI is InChI=1S/C8H16N4/c1-3-9-7(10-4-1)8-11-5-2-6-12-8/h9-12H,1-6H2. The number of rotatable bonds is 0. The molecule has 0 saturated carbocycles. The molecule has 4 N–H and O–H groups in total. The molecule has 0 aliphatic carbocycles. The lowest BCUT2D eigenvalue weighted by Crippen LogP contribution is -2.44. The summed E-state index contributed by atoms with van der Waals surface area (Å²) in [5.41, 5.74) is 0. The van der Waals surface area contributed by atoms with Crippen LogP contribution in [0.25, 0.3) is 0 Å². The van der Waals surface area contributed by atoms with Gasteiger partial charge in [-0.1, -0.05) is 0 Å². The summed E-state index contributed by atoms with van der Waals surface area (Å²) in [6.07, 6.45) is 2.41. The zero-order valence-corrected chi connectivity index (χ0v) is 7.24. The summed E-state index contributed by atoms with van der Waals surface area (Å²) in [5, 5.41) is 13.3. The molecule has 2 aliphatic heterocycles. The van der Waals surface area contributed by atoms with Gasteiger partial charge in [0.1, 0.15) is 11.6 Å². The van der Waals surface area contributed by atoms with E-state index in [1.54, 1.807) is 0 Å². The topological polar surface area (TPSA) is 48.1 Å². The van der Waals surface area contributed by atoms with Gasteiger partial charge in [-0.2, -0.15) is 0 Å². The average Bonchev–Trinajstić information content (AvgIpc) is 2.21. The second-order valence-corrected chi connectivity index (χ2v) is 3.16. The molecule has 0 bridgehead atoms. The molecule has 0 radical (unpaired) electrons. The zero-order valence-electron chi connectivity index (χ0n) is 7.24. The molecule has 0 aromatic heterocycles. The molecule has 2 saturated heterocycles. The summed E-state index contributed by atoms with van der Waals surface area (Å²) in [6.45, 7) is 4.31. The molecule has 12 heavy (non-hydrogen) atoms. The Hall–Kier alpha value is -1.06. The third-order valence-corrected chi connectivity index (χ3v) is 2.16. The molecule has 2 rings (SSSR count). The Morgan fingerprint density at radius 2 is 0.917 bits per heavy atom. The monoisotopic (exact) mass is 168 g/mol. The number of nitrogens with one attached hydrogen (secondary N) is 4. The lowest BCUT2D eigenvalue weighted by molar-refractivity contribution is 0.505. The molecule has 0 aromatic carbocycles. The quantitative estimate of drug-likeness (QED) is 0.385. The molecular weight excluding hydrogens is 152 g/mol. The van der Waals surface area contributed by atoms with Gasteiger partial charge in [0.2, 0.25) is 0 Å². The minimum absolute atomic E-state index is 1.08. The van der Waals surface area contributed by atoms with Crippen LogP contribution >= 0.6 is 0 Å². The molecule has 0 aromatic rings. The maximum absolute atomic E-state index is 3.33. The fraction of sp³-hybridized carbons (Fsp3) is 0.750. The van der Waals surface area contributed by atoms with Crippen molar-refractivity contribution in [1.82, 2.24) is 21.3 Å². The lowest BCUT2D eigenvalue weighted by atomic mass is 10.3. The largest absolute Gasteiger partial charge is 0.369 e. The third-order valence-electron chi connectivity index (χ3n) is 2.16. The maximum atomic E-state index is 3.33. The molecule has 2 heterocycles. The van der Waals surface area contributed by atoms with Crippen LogP contribution in [0.15, 0.2) is 11.6 Å². The van der Waals surface area contributed by atoms with Gasteiger partial charge in [-0.15, -0.1) is 0 Å². The highest BCUT2D eigenvalue weighted by molar-refractivity contribution is 5.10. The van der Waals surface area contributed by atoms with Crippen molar-refractivity contribution in [2.45, 2.75) is 12.8 Å². The van der Waals surface area contributed by atoms with Gasteiger partial charge in [0.25, 0.3) is 0 Å². The third kappa shape index (κ3) is 1.57. The Morgan fingerprint density at radius 1 is 0.583 bits per heavy atom. The van der Waals surface area contributed by atoms with Crippen molar-refractivity contribution in [3.05, 3.63) is 11.6 Å². The van der Waals surface area contributed by atoms with E-state index in [1.165, 1.54) is 12.8 Å². The summed E-state index contributed by atoms with van der Waals surface area (Å²) in [7, 11) is 0. The molecule has 4 heteroatoms. The zero-order chi connectivity index (χ0) is 8.23. The summed E-state index contributed by atoms with van der Waals surface area (Å²) < 4.78 is 0. The van der Waals surface area contributed by atoms with Crippen LogP contribution in [-0.4, -0.2) is 26.2 Å². The van der Waals surface area contributed by atoms with Crippen molar-refractivity contribution in [1.29, 1.82) is 0 Å². The first-order valence-electron chi connectivity index (χ1n) is 4.66. The Labute approximate surface area is 72.8 Å². The average molecular weight is 168 g/mol. The second-order valence-electron chi connectivity index (χ2n) is 3.16. The Kier molecular flexibility index (Phi) is 2.25. The van der Waals surface area contributed by atoms with Gasteiger partial charge < -0.3 is 21.3 Å². The van der Waals surface area contributed by atoms with Gasteiger partial charge in [-0.25, -0.2) is 0 Å². The minimum Gasteiger partial charge on any atom is -0.369 e. The van der Waals surface area contributed by atoms with E-state index in [4.69, 9.17) is 0 Å². The van der Waals surface area contributed by atoms with E-state index in [-0.39, 0.29) is 0 Å². The van der Waals surface area contributed by atoms with Crippen molar-refractivity contribution in [3.8, 4) is 0 Å². The van der Waals surface area contributed by atoms with Gasteiger partial charge >= 0.3 is 0 Å². The highest BCUT2D eigenvalue weighted by atomic mass is 15.2. The van der Waals surface area contributed by atoms with Crippen molar-refractivity contribution in [2.75, 3.05) is 26.2 Å². The van der Waals surface area contributed by atoms with Gasteiger partial charge in [0.05, 0.1) is 0 Å². The van der Waals surface area contributed by atoms with Crippen LogP contribution in [0.2, 0.25) is 0 Å². The molecule has 4 nitrogen and oxygen atoms in total. The fourth-order valence-corrected chi connectivity index (χ4v) is 1.51. The SMILES string of the molecule is C1CNC(=C2NCCCN2)NC1. The highest BCUT2D eigenvalue weighted by Crippen LogP contribution is 1.99. The summed E-state index contributed by atoms with van der Waals surface area (Å²) in [5.74, 6) is 2.28. The molecule has 0 atom stereocenters. The molecule has 68 valence electrons. The smallest absolute Gasteiger partial charge is 0.140 e. The van der Waals surface area contributed by atoms with Gasteiger partial charge in [-0.3, -0.25) is 0 Å². The highest BCUT2D eigenvalue weighted by Gasteiger charge is 2.11. The van der Waals surface area contributed by atoms with Gasteiger partial charge in [0.15, 0.2) is 0 Å². The van der Waals surface area contributed by atoms with E-state index in [9.17, 15) is 0 Å². The van der Waals surface area contributed by atoms with Crippen LogP contribution in [0.5, 0.6) is 0 Å². The normalized spacial score (nSPS) is 23.3. The van der Waals surface area contributed by atoms with Crippen molar-refractivity contribution >= 4 is 0 Å². The first kappa shape index (κ1) is 7.58. The number of hydrogen-bond donors (Lipinski definition) is 4. The summed E-state index contributed by atoms with van der Waals surface area (Å²) in [4.78, 5) is 0. The van der Waals surface area contributed by atoms with E-state index < -0.39 is 0 Å². The predicted octanol–water partition coefficient (Wildman–Crippen LogP) is -0.721. The Balaban J connectivity index is 2.00. The van der Waals surface area contributed by atoms with Crippen molar-refractivity contribution in [2.24, 2.45) is 0 Å². The maximum Gasteiger partial charge on any atom is 0.140 e. The van der Waals surface area contributed by atoms with Crippen LogP contribution in [0.3, 0.4) is 0 Å². The van der Waals surface area contributed by atoms with Crippen LogP contribution in [-0.2, 0) is 0 Å². The van der Waals surface area contributed by atoms with E-state index in [2.05, 4.69) is 21.3 Å². The van der Waals surface area contributed by atoms with Gasteiger partial charge in [0, 0.05) is 26.2 Å². The van der Waals surface area contributed by atoms with E-state index >= 15 is 0 Å².